The summed E-state index contributed by atoms with van der Waals surface area (Å²) in [6, 6.07) is 0. The fraction of sp³-hybridized carbons (Fsp3) is 0.833. The number of carbonyl (C=O) groups excluding carboxylic acids is 1. The Morgan fingerprint density at radius 1 is 0.905 bits per heavy atom. The molecule has 0 fully saturated rings. The second kappa shape index (κ2) is 7.26. The van der Waals surface area contributed by atoms with Gasteiger partial charge in [0.25, 0.3) is 0 Å². The molecule has 0 bridgehead atoms. The van der Waals surface area contributed by atoms with Gasteiger partial charge in [-0.05, 0) is 6.92 Å². The fourth-order valence-electron chi connectivity index (χ4n) is 0.398. The average molecular weight is 370 g/mol. The van der Waals surface area contributed by atoms with Crippen LogP contribution < -0.4 is 0 Å². The van der Waals surface area contributed by atoms with Gasteiger partial charge in [0, 0.05) is 6.92 Å². The first-order chi connectivity index (χ1) is 8.98. The number of rotatable bonds is 3. The summed E-state index contributed by atoms with van der Waals surface area (Å²) >= 11 is 0. The number of hydrogen-bond acceptors (Lipinski definition) is 7. The first-order valence-electron chi connectivity index (χ1n) is 4.45. The molecule has 0 aliphatic carbocycles. The molecular formula is C6H8F6O7S2. The Morgan fingerprint density at radius 2 is 1.19 bits per heavy atom. The molecule has 0 spiro atoms. The van der Waals surface area contributed by atoms with Gasteiger partial charge in [-0.1, -0.05) is 0 Å². The summed E-state index contributed by atoms with van der Waals surface area (Å²) in [6.07, 6.45) is 0. The van der Waals surface area contributed by atoms with Crippen LogP contribution in [-0.4, -0.2) is 40.4 Å². The van der Waals surface area contributed by atoms with Crippen LogP contribution in [0, 0.1) is 0 Å². The lowest BCUT2D eigenvalue weighted by atomic mass is 10.8. The van der Waals surface area contributed by atoms with E-state index in [0.717, 1.165) is 0 Å². The Labute approximate surface area is 115 Å². The molecule has 0 amide bonds. The molecule has 0 unspecified atom stereocenters. The lowest BCUT2D eigenvalue weighted by molar-refractivity contribution is -0.140. The molecule has 0 heterocycles. The summed E-state index contributed by atoms with van der Waals surface area (Å²) in [5, 5.41) is 0. The third-order valence-electron chi connectivity index (χ3n) is 1.09. The maximum atomic E-state index is 11.4. The summed E-state index contributed by atoms with van der Waals surface area (Å²) in [7, 11) is -13.7. The van der Waals surface area contributed by atoms with E-state index in [1.165, 1.54) is 6.92 Å². The third kappa shape index (κ3) is 8.05. The van der Waals surface area contributed by atoms with E-state index in [9.17, 15) is 48.0 Å². The summed E-state index contributed by atoms with van der Waals surface area (Å²) < 4.78 is 114. The molecule has 0 aromatic carbocycles. The van der Waals surface area contributed by atoms with Crippen LogP contribution in [0.5, 0.6) is 0 Å². The first kappa shape index (κ1) is 22.2. The van der Waals surface area contributed by atoms with Gasteiger partial charge in [-0.15, -0.1) is 3.63 Å². The van der Waals surface area contributed by atoms with Crippen molar-refractivity contribution in [3.63, 3.8) is 0 Å². The molecule has 128 valence electrons. The van der Waals surface area contributed by atoms with Gasteiger partial charge in [-0.3, -0.25) is 4.79 Å². The molecule has 0 radical (unpaired) electrons. The quantitative estimate of drug-likeness (QED) is 0.419. The second-order valence-electron chi connectivity index (χ2n) is 2.79. The highest BCUT2D eigenvalue weighted by atomic mass is 32.3. The maximum absolute atomic E-state index is 11.4. The molecule has 0 aliphatic heterocycles. The molecule has 21 heavy (non-hydrogen) atoms. The van der Waals surface area contributed by atoms with Crippen molar-refractivity contribution in [2.24, 2.45) is 0 Å². The van der Waals surface area contributed by atoms with Gasteiger partial charge in [0.05, 0.1) is 6.61 Å². The van der Waals surface area contributed by atoms with Crippen LogP contribution in [0.15, 0.2) is 0 Å². The Morgan fingerprint density at radius 3 is 1.29 bits per heavy atom. The van der Waals surface area contributed by atoms with E-state index < -0.39 is 31.3 Å². The van der Waals surface area contributed by atoms with Crippen LogP contribution in [0.25, 0.3) is 0 Å². The van der Waals surface area contributed by atoms with Crippen LogP contribution >= 0.6 is 0 Å². The highest BCUT2D eigenvalue weighted by Gasteiger charge is 2.57. The smallest absolute Gasteiger partial charge is 0.466 e. The zero-order chi connectivity index (χ0) is 17.7. The summed E-state index contributed by atoms with van der Waals surface area (Å²) in [4.78, 5) is 9.82. The minimum Gasteiger partial charge on any atom is -0.466 e. The number of carbonyl (C=O) groups is 1. The van der Waals surface area contributed by atoms with Gasteiger partial charge in [0.2, 0.25) is 0 Å². The van der Waals surface area contributed by atoms with Crippen LogP contribution in [0.2, 0.25) is 0 Å². The van der Waals surface area contributed by atoms with E-state index in [4.69, 9.17) is 0 Å². The average Bonchev–Trinajstić information content (AvgIpc) is 2.12. The molecule has 7 nitrogen and oxygen atoms in total. The van der Waals surface area contributed by atoms with Gasteiger partial charge in [0.15, 0.2) is 0 Å². The maximum Gasteiger partial charge on any atom is 0.524 e. The normalized spacial score (nSPS) is 13.1. The molecule has 0 aromatic rings. The lowest BCUT2D eigenvalue weighted by Gasteiger charge is -2.09. The summed E-state index contributed by atoms with van der Waals surface area (Å²) in [6.45, 7) is 3.65. The Hall–Kier alpha value is -1.09. The van der Waals surface area contributed by atoms with Crippen molar-refractivity contribution in [1.29, 1.82) is 0 Å². The van der Waals surface area contributed by atoms with Gasteiger partial charge in [-0.25, -0.2) is 0 Å². The van der Waals surface area contributed by atoms with Crippen LogP contribution in [0.3, 0.4) is 0 Å². The third-order valence-corrected chi connectivity index (χ3v) is 3.66. The van der Waals surface area contributed by atoms with Gasteiger partial charge in [0.1, 0.15) is 0 Å². The van der Waals surface area contributed by atoms with Crippen molar-refractivity contribution in [3.05, 3.63) is 0 Å². The van der Waals surface area contributed by atoms with Gasteiger partial charge < -0.3 is 4.74 Å². The van der Waals surface area contributed by atoms with Crippen LogP contribution in [0.4, 0.5) is 26.3 Å². The SMILES string of the molecule is CCOC(C)=O.O=S(=O)(OS(=O)(=O)C(F)(F)F)C(F)(F)F. The van der Waals surface area contributed by atoms with Crippen molar-refractivity contribution in [2.45, 2.75) is 24.9 Å². The standard InChI is InChI=1S/C4H8O2.C2F6O5S2/c1-3-6-4(2)5;3-1(4,5)14(9,10)13-15(11,12)2(6,7)8/h3H2,1-2H3;. The van der Waals surface area contributed by atoms with Crippen molar-refractivity contribution in [3.8, 4) is 0 Å². The fourth-order valence-corrected chi connectivity index (χ4v) is 1.96. The lowest BCUT2D eigenvalue weighted by Crippen LogP contribution is -2.34. The zero-order valence-electron chi connectivity index (χ0n) is 10.1. The van der Waals surface area contributed by atoms with Crippen molar-refractivity contribution in [2.75, 3.05) is 6.61 Å². The molecule has 0 atom stereocenters. The molecule has 0 aliphatic rings. The molecule has 15 heteroatoms. The molecule has 0 aromatic heterocycles. The summed E-state index contributed by atoms with van der Waals surface area (Å²) in [5.74, 6) is -0.211. The van der Waals surface area contributed by atoms with Crippen LogP contribution in [-0.2, 0) is 33.4 Å². The Kier molecular flexibility index (Phi) is 7.67. The van der Waals surface area contributed by atoms with Gasteiger partial charge >= 0.3 is 37.2 Å². The minimum atomic E-state index is -6.85. The zero-order valence-corrected chi connectivity index (χ0v) is 11.8. The summed E-state index contributed by atoms with van der Waals surface area (Å²) in [5.41, 5.74) is -12.5. The van der Waals surface area contributed by atoms with Crippen LogP contribution in [0.1, 0.15) is 13.8 Å². The van der Waals surface area contributed by atoms with E-state index in [0.29, 0.717) is 6.61 Å². The largest absolute Gasteiger partial charge is 0.524 e. The Bertz CT molecular complexity index is 501. The molecule has 0 N–H and O–H groups in total. The highest BCUT2D eigenvalue weighted by Crippen LogP contribution is 2.31. The molecular weight excluding hydrogens is 362 g/mol. The molecule has 0 rings (SSSR count). The van der Waals surface area contributed by atoms with Crippen molar-refractivity contribution >= 4 is 26.2 Å². The number of ether oxygens (including phenoxy) is 1. The predicted molar refractivity (Wildman–Crippen MR) is 53.3 cm³/mol. The topological polar surface area (TPSA) is 104 Å². The monoisotopic (exact) mass is 370 g/mol. The Balaban J connectivity index is 0. The predicted octanol–water partition coefficient (Wildman–Crippen LogP) is 1.27. The number of halogens is 6. The molecule has 0 saturated carbocycles. The van der Waals surface area contributed by atoms with E-state index in [1.807, 2.05) is 3.63 Å². The molecule has 0 saturated heterocycles. The highest BCUT2D eigenvalue weighted by molar-refractivity contribution is 8.00. The van der Waals surface area contributed by atoms with E-state index in [1.54, 1.807) is 6.92 Å². The van der Waals surface area contributed by atoms with Crippen molar-refractivity contribution in [1.82, 2.24) is 0 Å². The number of hydrogen-bond donors (Lipinski definition) is 0. The van der Waals surface area contributed by atoms with E-state index in [2.05, 4.69) is 4.74 Å². The minimum absolute atomic E-state index is 0.211. The number of alkyl halides is 6. The first-order valence-corrected chi connectivity index (χ1v) is 7.26. The second-order valence-corrected chi connectivity index (χ2v) is 6.08. The van der Waals surface area contributed by atoms with E-state index in [-0.39, 0.29) is 5.97 Å². The van der Waals surface area contributed by atoms with E-state index >= 15 is 0 Å². The van der Waals surface area contributed by atoms with Gasteiger partial charge in [-0.2, -0.15) is 43.2 Å². The van der Waals surface area contributed by atoms with Crippen molar-refractivity contribution < 1.29 is 56.3 Å². The number of esters is 1.